The van der Waals surface area contributed by atoms with E-state index in [9.17, 15) is 15.3 Å². The summed E-state index contributed by atoms with van der Waals surface area (Å²) in [6.07, 6.45) is 5.04. The van der Waals surface area contributed by atoms with E-state index in [2.05, 4.69) is 13.8 Å². The molecule has 0 radical (unpaired) electrons. The lowest BCUT2D eigenvalue weighted by atomic mass is 9.54. The van der Waals surface area contributed by atoms with Gasteiger partial charge in [-0.15, -0.1) is 0 Å². The van der Waals surface area contributed by atoms with E-state index in [-0.39, 0.29) is 35.1 Å². The molecule has 8 atom stereocenters. The Morgan fingerprint density at radius 1 is 1.14 bits per heavy atom. The van der Waals surface area contributed by atoms with Gasteiger partial charge in [0.1, 0.15) is 0 Å². The highest BCUT2D eigenvalue weighted by Crippen LogP contribution is 2.60. The first-order valence-electron chi connectivity index (χ1n) is 8.73. The SMILES string of the molecule is C[C@]12CC[C@H](O)CC1=C[C@H](O)C1C2OC[C@@]2(C)C1CC[C@@H]2O. The second-order valence-electron chi connectivity index (χ2n) is 8.51. The van der Waals surface area contributed by atoms with Crippen LogP contribution in [0, 0.1) is 22.7 Å². The van der Waals surface area contributed by atoms with Crippen LogP contribution in [0.4, 0.5) is 0 Å². The first-order valence-corrected chi connectivity index (χ1v) is 8.73. The Bertz CT molecular complexity index is 503. The molecule has 4 heteroatoms. The molecule has 2 saturated carbocycles. The molecule has 4 rings (SSSR count). The molecular weight excluding hydrogens is 280 g/mol. The average molecular weight is 308 g/mol. The van der Waals surface area contributed by atoms with E-state index >= 15 is 0 Å². The topological polar surface area (TPSA) is 69.9 Å². The smallest absolute Gasteiger partial charge is 0.0779 e. The minimum atomic E-state index is -0.520. The van der Waals surface area contributed by atoms with E-state index < -0.39 is 6.10 Å². The number of hydrogen-bond acceptors (Lipinski definition) is 4. The molecule has 0 aromatic carbocycles. The number of aliphatic hydroxyl groups is 3. The third-order valence-electron chi connectivity index (χ3n) is 7.33. The van der Waals surface area contributed by atoms with Crippen LogP contribution in [0.25, 0.3) is 0 Å². The minimum absolute atomic E-state index is 0.0124. The molecule has 0 bridgehead atoms. The number of hydrogen-bond donors (Lipinski definition) is 3. The van der Waals surface area contributed by atoms with Crippen molar-refractivity contribution >= 4 is 0 Å². The zero-order valence-corrected chi connectivity index (χ0v) is 13.5. The summed E-state index contributed by atoms with van der Waals surface area (Å²) < 4.78 is 6.30. The number of ether oxygens (including phenoxy) is 1. The third kappa shape index (κ3) is 1.84. The van der Waals surface area contributed by atoms with Crippen molar-refractivity contribution in [2.24, 2.45) is 22.7 Å². The minimum Gasteiger partial charge on any atom is -0.393 e. The molecule has 22 heavy (non-hydrogen) atoms. The van der Waals surface area contributed by atoms with Gasteiger partial charge in [-0.2, -0.15) is 0 Å². The molecule has 0 amide bonds. The van der Waals surface area contributed by atoms with Crippen LogP contribution in [-0.4, -0.2) is 46.3 Å². The van der Waals surface area contributed by atoms with E-state index in [1.54, 1.807) is 0 Å². The van der Waals surface area contributed by atoms with Gasteiger partial charge in [0.2, 0.25) is 0 Å². The van der Waals surface area contributed by atoms with Gasteiger partial charge < -0.3 is 20.1 Å². The Labute approximate surface area is 132 Å². The summed E-state index contributed by atoms with van der Waals surface area (Å²) in [6, 6.07) is 0. The van der Waals surface area contributed by atoms with E-state index in [1.165, 1.54) is 5.57 Å². The summed E-state index contributed by atoms with van der Waals surface area (Å²) in [5.74, 6) is 0.387. The Balaban J connectivity index is 1.73. The van der Waals surface area contributed by atoms with Gasteiger partial charge in [-0.3, -0.25) is 0 Å². The van der Waals surface area contributed by atoms with Gasteiger partial charge in [0.15, 0.2) is 0 Å². The van der Waals surface area contributed by atoms with Crippen LogP contribution in [0.3, 0.4) is 0 Å². The van der Waals surface area contributed by atoms with Gasteiger partial charge in [0.25, 0.3) is 0 Å². The predicted octanol–water partition coefficient (Wildman–Crippen LogP) is 1.63. The quantitative estimate of drug-likeness (QED) is 0.595. The first kappa shape index (κ1) is 15.1. The summed E-state index contributed by atoms with van der Waals surface area (Å²) in [6.45, 7) is 4.94. The lowest BCUT2D eigenvalue weighted by molar-refractivity contribution is -0.206. The molecule has 3 N–H and O–H groups in total. The van der Waals surface area contributed by atoms with Gasteiger partial charge in [-0.1, -0.05) is 25.5 Å². The molecule has 124 valence electrons. The lowest BCUT2D eigenvalue weighted by Gasteiger charge is -2.58. The van der Waals surface area contributed by atoms with Crippen molar-refractivity contribution < 1.29 is 20.1 Å². The van der Waals surface area contributed by atoms with Gasteiger partial charge in [-0.05, 0) is 38.0 Å². The number of aliphatic hydroxyl groups excluding tert-OH is 3. The highest BCUT2D eigenvalue weighted by atomic mass is 16.5. The largest absolute Gasteiger partial charge is 0.393 e. The maximum Gasteiger partial charge on any atom is 0.0779 e. The third-order valence-corrected chi connectivity index (χ3v) is 7.33. The van der Waals surface area contributed by atoms with Crippen molar-refractivity contribution in [3.05, 3.63) is 11.6 Å². The highest BCUT2D eigenvalue weighted by molar-refractivity contribution is 5.28. The predicted molar refractivity (Wildman–Crippen MR) is 82.1 cm³/mol. The zero-order chi connectivity index (χ0) is 15.7. The fourth-order valence-electron chi connectivity index (χ4n) is 5.81. The fraction of sp³-hybridized carbons (Fsp3) is 0.889. The molecule has 1 saturated heterocycles. The van der Waals surface area contributed by atoms with Crippen molar-refractivity contribution in [2.75, 3.05) is 6.61 Å². The fourth-order valence-corrected chi connectivity index (χ4v) is 5.81. The second-order valence-corrected chi connectivity index (χ2v) is 8.51. The normalized spacial score (nSPS) is 57.6. The Morgan fingerprint density at radius 3 is 2.68 bits per heavy atom. The van der Waals surface area contributed by atoms with Crippen LogP contribution in [0.1, 0.15) is 46.0 Å². The summed E-state index contributed by atoms with van der Waals surface area (Å²) in [7, 11) is 0. The van der Waals surface area contributed by atoms with Gasteiger partial charge >= 0.3 is 0 Å². The molecule has 3 unspecified atom stereocenters. The van der Waals surface area contributed by atoms with Crippen molar-refractivity contribution in [2.45, 2.75) is 70.4 Å². The first-order chi connectivity index (χ1) is 10.4. The molecule has 3 aliphatic carbocycles. The number of rotatable bonds is 0. The molecule has 4 nitrogen and oxygen atoms in total. The molecule has 0 aromatic heterocycles. The van der Waals surface area contributed by atoms with Crippen molar-refractivity contribution in [1.82, 2.24) is 0 Å². The van der Waals surface area contributed by atoms with Crippen molar-refractivity contribution in [3.63, 3.8) is 0 Å². The monoisotopic (exact) mass is 308 g/mol. The van der Waals surface area contributed by atoms with Crippen molar-refractivity contribution in [1.29, 1.82) is 0 Å². The summed E-state index contributed by atoms with van der Waals surface area (Å²) in [5.41, 5.74) is 0.873. The number of fused-ring (bicyclic) bond motifs is 5. The van der Waals surface area contributed by atoms with E-state index in [0.717, 1.165) is 25.7 Å². The summed E-state index contributed by atoms with van der Waals surface area (Å²) in [4.78, 5) is 0. The molecule has 0 aromatic rings. The molecule has 3 fully saturated rings. The molecular formula is C18H28O4. The van der Waals surface area contributed by atoms with Crippen LogP contribution < -0.4 is 0 Å². The highest BCUT2D eigenvalue weighted by Gasteiger charge is 2.61. The molecule has 4 aliphatic rings. The molecule has 1 heterocycles. The maximum atomic E-state index is 10.8. The summed E-state index contributed by atoms with van der Waals surface area (Å²) >= 11 is 0. The summed E-state index contributed by atoms with van der Waals surface area (Å²) in [5, 5.41) is 31.1. The van der Waals surface area contributed by atoms with Crippen LogP contribution in [0.2, 0.25) is 0 Å². The second kappa shape index (κ2) is 4.79. The van der Waals surface area contributed by atoms with Crippen LogP contribution in [-0.2, 0) is 4.74 Å². The van der Waals surface area contributed by atoms with E-state index in [0.29, 0.717) is 18.9 Å². The average Bonchev–Trinajstić information content (AvgIpc) is 2.77. The molecule has 1 aliphatic heterocycles. The van der Waals surface area contributed by atoms with Crippen LogP contribution in [0.5, 0.6) is 0 Å². The van der Waals surface area contributed by atoms with Gasteiger partial charge in [0, 0.05) is 16.7 Å². The Hall–Kier alpha value is -0.420. The zero-order valence-electron chi connectivity index (χ0n) is 13.5. The lowest BCUT2D eigenvalue weighted by Crippen LogP contribution is -2.60. The Kier molecular flexibility index (Phi) is 3.29. The molecule has 0 spiro atoms. The van der Waals surface area contributed by atoms with E-state index in [1.807, 2.05) is 6.08 Å². The van der Waals surface area contributed by atoms with Crippen LogP contribution in [0.15, 0.2) is 11.6 Å². The standard InChI is InChI=1S/C18H28O4/c1-17-6-5-11(19)7-10(17)8-13(20)15-12-3-4-14(21)18(12,2)9-22-16(15)17/h8,11-16,19-21H,3-7,9H2,1-2H3/t11-,12?,13-,14-,15?,16?,17-,18-/m0/s1. The maximum absolute atomic E-state index is 10.8. The van der Waals surface area contributed by atoms with Crippen LogP contribution >= 0.6 is 0 Å². The van der Waals surface area contributed by atoms with E-state index in [4.69, 9.17) is 4.74 Å². The van der Waals surface area contributed by atoms with Gasteiger partial charge in [0.05, 0.1) is 31.0 Å². The Morgan fingerprint density at radius 2 is 1.91 bits per heavy atom. The van der Waals surface area contributed by atoms with Crippen molar-refractivity contribution in [3.8, 4) is 0 Å². The van der Waals surface area contributed by atoms with Gasteiger partial charge in [-0.25, -0.2) is 0 Å².